The Morgan fingerprint density at radius 3 is 2.80 bits per heavy atom. The number of fused-ring (bicyclic) bond motifs is 1. The number of methoxy groups -OCH3 is 2. The van der Waals surface area contributed by atoms with E-state index in [1.165, 1.54) is 7.11 Å². The molecule has 4 heteroatoms. The molecule has 1 heterocycles. The van der Waals surface area contributed by atoms with Gasteiger partial charge in [-0.05, 0) is 6.07 Å². The summed E-state index contributed by atoms with van der Waals surface area (Å²) in [6.45, 7) is 0. The highest BCUT2D eigenvalue weighted by atomic mass is 32.2. The Morgan fingerprint density at radius 2 is 2.13 bits per heavy atom. The minimum Gasteiger partial charge on any atom is -0.467 e. The smallest absolute Gasteiger partial charge is 0.343 e. The minimum absolute atomic E-state index is 0.331. The van der Waals surface area contributed by atoms with Gasteiger partial charge in [0.05, 0.1) is 7.11 Å². The predicted octanol–water partition coefficient (Wildman–Crippen LogP) is 1.81. The number of hydrogen-bond acceptors (Lipinski definition) is 4. The lowest BCUT2D eigenvalue weighted by Gasteiger charge is -2.24. The second-order valence-corrected chi connectivity index (χ2v) is 4.32. The van der Waals surface area contributed by atoms with Crippen LogP contribution in [-0.4, -0.2) is 25.9 Å². The van der Waals surface area contributed by atoms with Gasteiger partial charge in [0.15, 0.2) is 5.60 Å². The number of benzene rings is 1. The summed E-state index contributed by atoms with van der Waals surface area (Å²) in [5, 5.41) is 0. The average molecular weight is 224 g/mol. The van der Waals surface area contributed by atoms with Gasteiger partial charge < -0.3 is 9.47 Å². The molecule has 3 nitrogen and oxygen atoms in total. The molecule has 80 valence electrons. The van der Waals surface area contributed by atoms with E-state index in [2.05, 4.69) is 0 Å². The molecular formula is C11H12O3S. The van der Waals surface area contributed by atoms with Gasteiger partial charge in [-0.1, -0.05) is 18.2 Å². The molecule has 0 spiro atoms. The number of esters is 1. The van der Waals surface area contributed by atoms with Crippen molar-refractivity contribution in [3.05, 3.63) is 29.8 Å². The lowest BCUT2D eigenvalue weighted by molar-refractivity contribution is -0.164. The zero-order valence-corrected chi connectivity index (χ0v) is 9.47. The molecule has 0 unspecified atom stereocenters. The van der Waals surface area contributed by atoms with Crippen molar-refractivity contribution in [3.63, 3.8) is 0 Å². The second-order valence-electron chi connectivity index (χ2n) is 3.31. The van der Waals surface area contributed by atoms with Gasteiger partial charge in [0, 0.05) is 23.3 Å². The number of hydrogen-bond donors (Lipinski definition) is 0. The maximum Gasteiger partial charge on any atom is 0.343 e. The molecule has 1 aromatic carbocycles. The lowest BCUT2D eigenvalue weighted by atomic mass is 9.96. The van der Waals surface area contributed by atoms with Crippen LogP contribution in [0.4, 0.5) is 0 Å². The van der Waals surface area contributed by atoms with E-state index >= 15 is 0 Å². The van der Waals surface area contributed by atoms with Crippen molar-refractivity contribution in [2.24, 2.45) is 0 Å². The quantitative estimate of drug-likeness (QED) is 0.718. The van der Waals surface area contributed by atoms with Crippen LogP contribution in [-0.2, 0) is 19.9 Å². The summed E-state index contributed by atoms with van der Waals surface area (Å²) in [7, 11) is 2.92. The normalized spacial score (nSPS) is 23.6. The van der Waals surface area contributed by atoms with Crippen molar-refractivity contribution < 1.29 is 14.3 Å². The van der Waals surface area contributed by atoms with E-state index in [-0.39, 0.29) is 5.97 Å². The predicted molar refractivity (Wildman–Crippen MR) is 57.9 cm³/mol. The Morgan fingerprint density at radius 1 is 1.40 bits per heavy atom. The summed E-state index contributed by atoms with van der Waals surface area (Å²) in [6.07, 6.45) is 0. The van der Waals surface area contributed by atoms with Gasteiger partial charge in [0.25, 0.3) is 0 Å². The molecule has 1 aliphatic heterocycles. The van der Waals surface area contributed by atoms with Crippen molar-refractivity contribution in [2.75, 3.05) is 20.0 Å². The first kappa shape index (κ1) is 10.5. The SMILES string of the molecule is COC(=O)[C@@]1(OC)CSc2ccccc21. The Labute approximate surface area is 92.8 Å². The van der Waals surface area contributed by atoms with E-state index in [1.807, 2.05) is 24.3 Å². The van der Waals surface area contributed by atoms with Crippen LogP contribution in [0.3, 0.4) is 0 Å². The van der Waals surface area contributed by atoms with Gasteiger partial charge in [-0.3, -0.25) is 0 Å². The largest absolute Gasteiger partial charge is 0.467 e. The van der Waals surface area contributed by atoms with Crippen molar-refractivity contribution >= 4 is 17.7 Å². The van der Waals surface area contributed by atoms with Gasteiger partial charge in [0.1, 0.15) is 0 Å². The van der Waals surface area contributed by atoms with Gasteiger partial charge in [0.2, 0.25) is 0 Å². The van der Waals surface area contributed by atoms with Crippen LogP contribution >= 0.6 is 11.8 Å². The minimum atomic E-state index is -0.921. The highest BCUT2D eigenvalue weighted by Crippen LogP contribution is 2.44. The van der Waals surface area contributed by atoms with E-state index in [0.717, 1.165) is 10.5 Å². The maximum absolute atomic E-state index is 11.8. The van der Waals surface area contributed by atoms with Gasteiger partial charge in [-0.2, -0.15) is 0 Å². The third kappa shape index (κ3) is 1.44. The van der Waals surface area contributed by atoms with Gasteiger partial charge in [-0.25, -0.2) is 4.79 Å². The molecule has 1 aliphatic rings. The van der Waals surface area contributed by atoms with E-state index in [0.29, 0.717) is 5.75 Å². The summed E-state index contributed by atoms with van der Waals surface area (Å²) in [6, 6.07) is 7.76. The van der Waals surface area contributed by atoms with Gasteiger partial charge in [-0.15, -0.1) is 11.8 Å². The van der Waals surface area contributed by atoms with Crippen LogP contribution in [0.15, 0.2) is 29.2 Å². The Hall–Kier alpha value is -1.00. The summed E-state index contributed by atoms with van der Waals surface area (Å²) >= 11 is 1.62. The monoisotopic (exact) mass is 224 g/mol. The van der Waals surface area contributed by atoms with Crippen molar-refractivity contribution in [1.29, 1.82) is 0 Å². The second kappa shape index (κ2) is 3.87. The van der Waals surface area contributed by atoms with Crippen LogP contribution < -0.4 is 0 Å². The summed E-state index contributed by atoms with van der Waals surface area (Å²) in [5.74, 6) is 0.248. The number of carbonyl (C=O) groups excluding carboxylic acids is 1. The first-order valence-electron chi connectivity index (χ1n) is 4.60. The molecule has 2 rings (SSSR count). The molecule has 0 saturated carbocycles. The molecule has 0 bridgehead atoms. The van der Waals surface area contributed by atoms with Crippen LogP contribution in [0.2, 0.25) is 0 Å². The highest BCUT2D eigenvalue weighted by molar-refractivity contribution is 7.99. The maximum atomic E-state index is 11.8. The third-order valence-electron chi connectivity index (χ3n) is 2.62. The van der Waals surface area contributed by atoms with Crippen LogP contribution in [0.25, 0.3) is 0 Å². The van der Waals surface area contributed by atoms with Crippen molar-refractivity contribution in [2.45, 2.75) is 10.5 Å². The van der Waals surface area contributed by atoms with Crippen LogP contribution in [0.1, 0.15) is 5.56 Å². The molecule has 0 N–H and O–H groups in total. The first-order valence-corrected chi connectivity index (χ1v) is 5.59. The standard InChI is InChI=1S/C11H12O3S/c1-13-10(12)11(14-2)7-15-9-6-4-3-5-8(9)11/h3-6H,7H2,1-2H3/t11-/m1/s1. The average Bonchev–Trinajstić information content (AvgIpc) is 2.68. The fourth-order valence-corrected chi connectivity index (χ4v) is 3.08. The fraction of sp³-hybridized carbons (Fsp3) is 0.364. The van der Waals surface area contributed by atoms with Gasteiger partial charge >= 0.3 is 5.97 Å². The zero-order valence-electron chi connectivity index (χ0n) is 8.65. The van der Waals surface area contributed by atoms with E-state index < -0.39 is 5.60 Å². The number of ether oxygens (including phenoxy) is 2. The molecule has 15 heavy (non-hydrogen) atoms. The number of carbonyl (C=O) groups is 1. The molecular weight excluding hydrogens is 212 g/mol. The molecule has 0 fully saturated rings. The van der Waals surface area contributed by atoms with Crippen LogP contribution in [0.5, 0.6) is 0 Å². The molecule has 1 atom stereocenters. The number of rotatable bonds is 2. The molecule has 1 aromatic rings. The lowest BCUT2D eigenvalue weighted by Crippen LogP contribution is -2.39. The number of thioether (sulfide) groups is 1. The summed E-state index contributed by atoms with van der Waals surface area (Å²) < 4.78 is 10.2. The highest BCUT2D eigenvalue weighted by Gasteiger charge is 2.47. The topological polar surface area (TPSA) is 35.5 Å². The molecule has 0 aliphatic carbocycles. The third-order valence-corrected chi connectivity index (χ3v) is 3.83. The summed E-state index contributed by atoms with van der Waals surface area (Å²) in [5.41, 5.74) is -0.0138. The summed E-state index contributed by atoms with van der Waals surface area (Å²) in [4.78, 5) is 12.9. The van der Waals surface area contributed by atoms with Crippen molar-refractivity contribution in [1.82, 2.24) is 0 Å². The fourth-order valence-electron chi connectivity index (χ4n) is 1.77. The van der Waals surface area contributed by atoms with E-state index in [4.69, 9.17) is 9.47 Å². The van der Waals surface area contributed by atoms with Crippen LogP contribution in [0, 0.1) is 0 Å². The molecule has 0 radical (unpaired) electrons. The first-order chi connectivity index (χ1) is 7.24. The Bertz CT molecular complexity index is 391. The van der Waals surface area contributed by atoms with E-state index in [9.17, 15) is 4.79 Å². The molecule has 0 aromatic heterocycles. The van der Waals surface area contributed by atoms with Crippen molar-refractivity contribution in [3.8, 4) is 0 Å². The molecule has 0 saturated heterocycles. The van der Waals surface area contributed by atoms with E-state index in [1.54, 1.807) is 18.9 Å². The Kier molecular flexibility index (Phi) is 2.71. The zero-order chi connectivity index (χ0) is 10.9. The molecule has 0 amide bonds. The Balaban J connectivity index is 2.50.